The number of sulfonamides is 1. The molecular weight excluding hydrogens is 308 g/mol. The number of anilines is 2. The molecule has 0 saturated heterocycles. The second-order valence-corrected chi connectivity index (χ2v) is 7.26. The van der Waals surface area contributed by atoms with Crippen LogP contribution >= 0.6 is 11.6 Å². The highest BCUT2D eigenvalue weighted by Gasteiger charge is 2.30. The third-order valence-corrected chi connectivity index (χ3v) is 5.72. The molecule has 0 amide bonds. The van der Waals surface area contributed by atoms with Gasteiger partial charge in [-0.1, -0.05) is 29.8 Å². The molecule has 0 spiro atoms. The van der Waals surface area contributed by atoms with Crippen molar-refractivity contribution in [2.45, 2.75) is 17.7 Å². The Morgan fingerprint density at radius 3 is 2.71 bits per heavy atom. The number of rotatable bonds is 2. The Labute approximate surface area is 129 Å². The van der Waals surface area contributed by atoms with Crippen LogP contribution in [0.3, 0.4) is 0 Å². The van der Waals surface area contributed by atoms with Crippen molar-refractivity contribution in [3.05, 3.63) is 53.1 Å². The Balaban J connectivity index is 2.14. The molecule has 0 saturated carbocycles. The molecule has 110 valence electrons. The summed E-state index contributed by atoms with van der Waals surface area (Å²) in [5.41, 5.74) is 7.81. The van der Waals surface area contributed by atoms with Gasteiger partial charge in [-0.3, -0.25) is 4.31 Å². The van der Waals surface area contributed by atoms with Crippen LogP contribution in [-0.4, -0.2) is 15.0 Å². The number of nitrogen functional groups attached to an aromatic ring is 1. The fourth-order valence-corrected chi connectivity index (χ4v) is 4.52. The third-order valence-electron chi connectivity index (χ3n) is 3.61. The number of fused-ring (bicyclic) bond motifs is 1. The van der Waals surface area contributed by atoms with Gasteiger partial charge >= 0.3 is 0 Å². The number of halogens is 1. The lowest BCUT2D eigenvalue weighted by Gasteiger charge is -2.30. The highest BCUT2D eigenvalue weighted by Crippen LogP contribution is 2.34. The average molecular weight is 323 g/mol. The first kappa shape index (κ1) is 14.2. The number of hydrogen-bond acceptors (Lipinski definition) is 3. The van der Waals surface area contributed by atoms with E-state index >= 15 is 0 Å². The smallest absolute Gasteiger partial charge is 0.266 e. The summed E-state index contributed by atoms with van der Waals surface area (Å²) in [6.07, 6.45) is 1.67. The van der Waals surface area contributed by atoms with Crippen molar-refractivity contribution in [3.8, 4) is 0 Å². The first-order chi connectivity index (χ1) is 10.00. The number of hydrogen-bond donors (Lipinski definition) is 1. The maximum atomic E-state index is 12.9. The molecule has 1 aliphatic rings. The lowest BCUT2D eigenvalue weighted by Crippen LogP contribution is -2.35. The molecule has 21 heavy (non-hydrogen) atoms. The number of benzene rings is 2. The van der Waals surface area contributed by atoms with E-state index in [4.69, 9.17) is 17.3 Å². The van der Waals surface area contributed by atoms with Gasteiger partial charge in [0, 0.05) is 11.6 Å². The van der Waals surface area contributed by atoms with E-state index < -0.39 is 10.0 Å². The number of para-hydroxylation sites is 1. The Bertz CT molecular complexity index is 790. The molecule has 6 heteroatoms. The van der Waals surface area contributed by atoms with Crippen LogP contribution < -0.4 is 10.0 Å². The standard InChI is InChI=1S/C15H15ClN2O2S/c16-12-7-8-13(17)15(10-12)21(19,20)18-9-3-5-11-4-1-2-6-14(11)18/h1-2,4,6-8,10H,3,5,9,17H2. The van der Waals surface area contributed by atoms with Gasteiger partial charge in [0.2, 0.25) is 0 Å². The van der Waals surface area contributed by atoms with E-state index in [1.54, 1.807) is 6.07 Å². The van der Waals surface area contributed by atoms with Gasteiger partial charge in [0.1, 0.15) is 4.90 Å². The number of nitrogens with zero attached hydrogens (tertiary/aromatic N) is 1. The molecule has 1 heterocycles. The summed E-state index contributed by atoms with van der Waals surface area (Å²) >= 11 is 5.92. The van der Waals surface area contributed by atoms with Crippen molar-refractivity contribution in [1.29, 1.82) is 0 Å². The largest absolute Gasteiger partial charge is 0.398 e. The van der Waals surface area contributed by atoms with Gasteiger partial charge < -0.3 is 5.73 Å². The quantitative estimate of drug-likeness (QED) is 0.864. The molecule has 0 aliphatic carbocycles. The minimum Gasteiger partial charge on any atom is -0.398 e. The van der Waals surface area contributed by atoms with Gasteiger partial charge in [-0.2, -0.15) is 0 Å². The second-order valence-electron chi connectivity index (χ2n) is 4.99. The fourth-order valence-electron chi connectivity index (χ4n) is 2.60. The van der Waals surface area contributed by atoms with E-state index in [0.29, 0.717) is 11.6 Å². The van der Waals surface area contributed by atoms with E-state index in [0.717, 1.165) is 24.1 Å². The Morgan fingerprint density at radius 2 is 1.90 bits per heavy atom. The summed E-state index contributed by atoms with van der Waals surface area (Å²) in [7, 11) is -3.70. The van der Waals surface area contributed by atoms with Crippen molar-refractivity contribution in [1.82, 2.24) is 0 Å². The van der Waals surface area contributed by atoms with Crippen LogP contribution in [0.15, 0.2) is 47.4 Å². The summed E-state index contributed by atoms with van der Waals surface area (Å²) < 4.78 is 27.2. The fraction of sp³-hybridized carbons (Fsp3) is 0.200. The Morgan fingerprint density at radius 1 is 1.14 bits per heavy atom. The van der Waals surface area contributed by atoms with Gasteiger partial charge in [0.25, 0.3) is 10.0 Å². The Kier molecular flexibility index (Phi) is 3.55. The van der Waals surface area contributed by atoms with Crippen molar-refractivity contribution < 1.29 is 8.42 Å². The predicted octanol–water partition coefficient (Wildman–Crippen LogP) is 3.06. The summed E-state index contributed by atoms with van der Waals surface area (Å²) in [5.74, 6) is 0. The normalized spacial score (nSPS) is 14.8. The molecule has 0 bridgehead atoms. The van der Waals surface area contributed by atoms with Crippen LogP contribution in [0, 0.1) is 0 Å². The van der Waals surface area contributed by atoms with Crippen molar-refractivity contribution in [2.75, 3.05) is 16.6 Å². The zero-order valence-corrected chi connectivity index (χ0v) is 12.9. The SMILES string of the molecule is Nc1ccc(Cl)cc1S(=O)(=O)N1CCCc2ccccc21. The zero-order chi connectivity index (χ0) is 15.0. The minimum absolute atomic E-state index is 0.0618. The lowest BCUT2D eigenvalue weighted by atomic mass is 10.0. The van der Waals surface area contributed by atoms with Crippen molar-refractivity contribution >= 4 is 33.0 Å². The third kappa shape index (κ3) is 2.47. The van der Waals surface area contributed by atoms with Crippen LogP contribution in [0.1, 0.15) is 12.0 Å². The second kappa shape index (κ2) is 5.24. The van der Waals surface area contributed by atoms with E-state index in [9.17, 15) is 8.42 Å². The van der Waals surface area contributed by atoms with Gasteiger partial charge in [-0.25, -0.2) is 8.42 Å². The molecule has 4 nitrogen and oxygen atoms in total. The summed E-state index contributed by atoms with van der Waals surface area (Å²) in [5, 5.41) is 0.355. The molecule has 0 aromatic heterocycles. The summed E-state index contributed by atoms with van der Waals surface area (Å²) in [6, 6.07) is 12.1. The molecule has 0 unspecified atom stereocenters. The van der Waals surface area contributed by atoms with E-state index in [1.807, 2.05) is 24.3 Å². The molecule has 0 atom stereocenters. The molecule has 1 aliphatic heterocycles. The van der Waals surface area contributed by atoms with Crippen LogP contribution in [0.2, 0.25) is 5.02 Å². The van der Waals surface area contributed by atoms with Crippen LogP contribution in [0.5, 0.6) is 0 Å². The van der Waals surface area contributed by atoms with Crippen LogP contribution in [0.25, 0.3) is 0 Å². The monoisotopic (exact) mass is 322 g/mol. The topological polar surface area (TPSA) is 63.4 Å². The number of nitrogens with two attached hydrogens (primary N) is 1. The van der Waals surface area contributed by atoms with E-state index in [-0.39, 0.29) is 10.6 Å². The molecule has 2 aromatic carbocycles. The van der Waals surface area contributed by atoms with Gasteiger partial charge in [0.05, 0.1) is 11.4 Å². The average Bonchev–Trinajstić information content (AvgIpc) is 2.49. The van der Waals surface area contributed by atoms with Crippen LogP contribution in [-0.2, 0) is 16.4 Å². The highest BCUT2D eigenvalue weighted by atomic mass is 35.5. The zero-order valence-electron chi connectivity index (χ0n) is 11.3. The van der Waals surface area contributed by atoms with Gasteiger partial charge in [0.15, 0.2) is 0 Å². The molecule has 0 fully saturated rings. The summed E-state index contributed by atoms with van der Waals surface area (Å²) in [6.45, 7) is 0.450. The molecule has 0 radical (unpaired) electrons. The van der Waals surface area contributed by atoms with Gasteiger partial charge in [-0.05, 0) is 42.7 Å². The summed E-state index contributed by atoms with van der Waals surface area (Å²) in [4.78, 5) is 0.0618. The van der Waals surface area contributed by atoms with Crippen LogP contribution in [0.4, 0.5) is 11.4 Å². The van der Waals surface area contributed by atoms with Gasteiger partial charge in [-0.15, -0.1) is 0 Å². The maximum Gasteiger partial charge on any atom is 0.266 e. The van der Waals surface area contributed by atoms with E-state index in [2.05, 4.69) is 0 Å². The first-order valence-corrected chi connectivity index (χ1v) is 8.47. The molecule has 3 rings (SSSR count). The molecule has 2 N–H and O–H groups in total. The molecule has 2 aromatic rings. The van der Waals surface area contributed by atoms with E-state index in [1.165, 1.54) is 16.4 Å². The first-order valence-electron chi connectivity index (χ1n) is 6.66. The predicted molar refractivity (Wildman–Crippen MR) is 85.2 cm³/mol. The Hall–Kier alpha value is -1.72. The number of aryl methyl sites for hydroxylation is 1. The maximum absolute atomic E-state index is 12.9. The minimum atomic E-state index is -3.70. The molecular formula is C15H15ClN2O2S. The van der Waals surface area contributed by atoms with Crippen molar-refractivity contribution in [3.63, 3.8) is 0 Å². The van der Waals surface area contributed by atoms with Crippen molar-refractivity contribution in [2.24, 2.45) is 0 Å². The highest BCUT2D eigenvalue weighted by molar-refractivity contribution is 7.93. The lowest BCUT2D eigenvalue weighted by molar-refractivity contribution is 0.587.